The van der Waals surface area contributed by atoms with Crippen LogP contribution in [0, 0.1) is 13.8 Å². The van der Waals surface area contributed by atoms with Gasteiger partial charge in [0.05, 0.1) is 5.57 Å². The molecule has 0 saturated carbocycles. The molecule has 2 aliphatic rings. The Hall–Kier alpha value is -3.68. The highest BCUT2D eigenvalue weighted by Gasteiger charge is 2.28. The largest absolute Gasteiger partial charge is 0.396 e. The molecule has 3 N–H and O–H groups in total. The van der Waals surface area contributed by atoms with E-state index in [4.69, 9.17) is 0 Å². The highest BCUT2D eigenvalue weighted by Crippen LogP contribution is 2.41. The smallest absolute Gasteiger partial charge is 0.256 e. The Morgan fingerprint density at radius 1 is 1.05 bits per heavy atom. The highest BCUT2D eigenvalue weighted by molar-refractivity contribution is 6.36. The number of benzene rings is 2. The van der Waals surface area contributed by atoms with Crippen LogP contribution in [0.4, 0.5) is 5.69 Å². The van der Waals surface area contributed by atoms with Crippen molar-refractivity contribution in [1.82, 2.24) is 14.8 Å². The van der Waals surface area contributed by atoms with Gasteiger partial charge in [-0.1, -0.05) is 36.4 Å². The number of hydrogen-bond acceptors (Lipinski definition) is 4. The van der Waals surface area contributed by atoms with E-state index in [0.717, 1.165) is 76.6 Å². The predicted molar refractivity (Wildman–Crippen MR) is 152 cm³/mol. The third-order valence-electron chi connectivity index (χ3n) is 7.83. The second-order valence-electron chi connectivity index (χ2n) is 10.4. The van der Waals surface area contributed by atoms with Crippen LogP contribution < -0.4 is 5.32 Å². The normalized spacial score (nSPS) is 16.7. The van der Waals surface area contributed by atoms with E-state index in [1.165, 1.54) is 0 Å². The number of hydrogen-bond donors (Lipinski definition) is 3. The predicted octanol–water partition coefficient (Wildman–Crippen LogP) is 4.03. The first kappa shape index (κ1) is 25.9. The average molecular weight is 513 g/mol. The van der Waals surface area contributed by atoms with Crippen molar-refractivity contribution >= 4 is 29.2 Å². The molecule has 7 nitrogen and oxygen atoms in total. The summed E-state index contributed by atoms with van der Waals surface area (Å²) < 4.78 is 0. The van der Waals surface area contributed by atoms with Crippen LogP contribution in [-0.2, 0) is 22.4 Å². The minimum atomic E-state index is -0.127. The number of aryl methyl sites for hydroxylation is 1. The number of nitrogens with one attached hydrogen (secondary N) is 2. The summed E-state index contributed by atoms with van der Waals surface area (Å²) in [4.78, 5) is 33.6. The Labute approximate surface area is 224 Å². The minimum absolute atomic E-state index is 0.0936. The lowest BCUT2D eigenvalue weighted by molar-refractivity contribution is -0.132. The van der Waals surface area contributed by atoms with Gasteiger partial charge < -0.3 is 25.2 Å². The number of piperazine rings is 1. The number of likely N-dealkylation sites (N-methyl/N-ethyl adjacent to an activating group) is 1. The number of anilines is 1. The number of amides is 2. The first-order valence-corrected chi connectivity index (χ1v) is 13.4. The molecule has 0 atom stereocenters. The molecule has 0 aliphatic carbocycles. The maximum atomic E-state index is 13.1. The van der Waals surface area contributed by atoms with Crippen LogP contribution in [0.2, 0.25) is 0 Å². The molecule has 0 unspecified atom stereocenters. The van der Waals surface area contributed by atoms with Crippen LogP contribution in [0.3, 0.4) is 0 Å². The van der Waals surface area contributed by atoms with E-state index in [1.54, 1.807) is 0 Å². The van der Waals surface area contributed by atoms with Crippen LogP contribution in [-0.4, -0.2) is 71.5 Å². The molecular formula is C31H36N4O3. The summed E-state index contributed by atoms with van der Waals surface area (Å²) in [5.41, 5.74) is 9.48. The Morgan fingerprint density at radius 2 is 1.82 bits per heavy atom. The molecule has 0 bridgehead atoms. The number of aliphatic hydroxyl groups is 1. The maximum Gasteiger partial charge on any atom is 0.256 e. The SMILES string of the molecule is Cc1[nH]c(/C=C2\C(=O)Nc3cccc(-c4cccc(CCO)c4)c32)c(C)c1CCC(=O)N1CCN(C)CC1. The van der Waals surface area contributed by atoms with Crippen molar-refractivity contribution in [1.29, 1.82) is 0 Å². The molecule has 2 aromatic carbocycles. The van der Waals surface area contributed by atoms with E-state index < -0.39 is 0 Å². The molecule has 1 aromatic heterocycles. The van der Waals surface area contributed by atoms with Gasteiger partial charge in [-0.2, -0.15) is 0 Å². The van der Waals surface area contributed by atoms with E-state index in [0.29, 0.717) is 24.8 Å². The summed E-state index contributed by atoms with van der Waals surface area (Å²) in [5.74, 6) is 0.0765. The van der Waals surface area contributed by atoms with Gasteiger partial charge in [0, 0.05) is 61.8 Å². The zero-order valence-electron chi connectivity index (χ0n) is 22.4. The van der Waals surface area contributed by atoms with Crippen molar-refractivity contribution in [2.75, 3.05) is 45.2 Å². The Balaban J connectivity index is 1.43. The number of aliphatic hydroxyl groups excluding tert-OH is 1. The number of nitrogens with zero attached hydrogens (tertiary/aromatic N) is 2. The quantitative estimate of drug-likeness (QED) is 0.417. The number of aromatic nitrogens is 1. The summed E-state index contributed by atoms with van der Waals surface area (Å²) in [6.45, 7) is 7.60. The number of carbonyl (C=O) groups is 2. The van der Waals surface area contributed by atoms with Gasteiger partial charge in [0.2, 0.25) is 5.91 Å². The summed E-state index contributed by atoms with van der Waals surface area (Å²) in [7, 11) is 2.09. The van der Waals surface area contributed by atoms with E-state index in [-0.39, 0.29) is 18.4 Å². The number of fused-ring (bicyclic) bond motifs is 1. The first-order valence-electron chi connectivity index (χ1n) is 13.4. The van der Waals surface area contributed by atoms with Crippen molar-refractivity contribution in [2.24, 2.45) is 0 Å². The van der Waals surface area contributed by atoms with Crippen LogP contribution in [0.1, 0.15) is 40.1 Å². The van der Waals surface area contributed by atoms with E-state index in [9.17, 15) is 14.7 Å². The third-order valence-corrected chi connectivity index (χ3v) is 7.83. The zero-order valence-corrected chi connectivity index (χ0v) is 22.4. The molecule has 0 spiro atoms. The second-order valence-corrected chi connectivity index (χ2v) is 10.4. The molecular weight excluding hydrogens is 476 g/mol. The first-order chi connectivity index (χ1) is 18.4. The Bertz CT molecular complexity index is 1400. The lowest BCUT2D eigenvalue weighted by Gasteiger charge is -2.32. The summed E-state index contributed by atoms with van der Waals surface area (Å²) in [6, 6.07) is 14.0. The Morgan fingerprint density at radius 3 is 2.58 bits per heavy atom. The number of H-pyrrole nitrogens is 1. The van der Waals surface area contributed by atoms with Crippen molar-refractivity contribution in [3.8, 4) is 11.1 Å². The van der Waals surface area contributed by atoms with E-state index in [2.05, 4.69) is 35.2 Å². The van der Waals surface area contributed by atoms with Gasteiger partial charge in [0.25, 0.3) is 5.91 Å². The van der Waals surface area contributed by atoms with Crippen LogP contribution in [0.5, 0.6) is 0 Å². The molecule has 2 amide bonds. The van der Waals surface area contributed by atoms with Crippen molar-refractivity contribution < 1.29 is 14.7 Å². The standard InChI is InChI=1S/C31H36N4O3/c1-20-24(10-11-29(37)35-15-13-34(3)14-16-35)21(2)32-28(20)19-26-30-25(8-5-9-27(30)33-31(26)38)23-7-4-6-22(18-23)12-17-36/h4-9,18-19,32,36H,10-17H2,1-3H3,(H,33,38)/b26-19-. The van der Waals surface area contributed by atoms with Gasteiger partial charge in [-0.25, -0.2) is 0 Å². The molecule has 2 aliphatic heterocycles. The highest BCUT2D eigenvalue weighted by atomic mass is 16.3. The molecule has 1 fully saturated rings. The van der Waals surface area contributed by atoms with E-state index >= 15 is 0 Å². The fourth-order valence-corrected chi connectivity index (χ4v) is 5.58. The lowest BCUT2D eigenvalue weighted by atomic mass is 9.93. The fraction of sp³-hybridized carbons (Fsp3) is 0.355. The summed E-state index contributed by atoms with van der Waals surface area (Å²) in [5, 5.41) is 12.4. The molecule has 3 aromatic rings. The van der Waals surface area contributed by atoms with Gasteiger partial charge in [-0.3, -0.25) is 9.59 Å². The van der Waals surface area contributed by atoms with Crippen LogP contribution >= 0.6 is 0 Å². The molecule has 198 valence electrons. The van der Waals surface area contributed by atoms with E-state index in [1.807, 2.05) is 54.3 Å². The number of aromatic amines is 1. The topological polar surface area (TPSA) is 88.7 Å². The van der Waals surface area contributed by atoms with Crippen LogP contribution in [0.25, 0.3) is 22.8 Å². The van der Waals surface area contributed by atoms with Crippen LogP contribution in [0.15, 0.2) is 42.5 Å². The Kier molecular flexibility index (Phi) is 7.49. The zero-order chi connectivity index (χ0) is 26.8. The minimum Gasteiger partial charge on any atom is -0.396 e. The second kappa shape index (κ2) is 11.0. The van der Waals surface area contributed by atoms with Gasteiger partial charge in [-0.15, -0.1) is 0 Å². The van der Waals surface area contributed by atoms with Gasteiger partial charge in [0.1, 0.15) is 0 Å². The molecule has 3 heterocycles. The molecule has 0 radical (unpaired) electrons. The van der Waals surface area contributed by atoms with Gasteiger partial charge >= 0.3 is 0 Å². The molecule has 1 saturated heterocycles. The summed E-state index contributed by atoms with van der Waals surface area (Å²) >= 11 is 0. The number of carbonyl (C=O) groups excluding carboxylic acids is 2. The molecule has 38 heavy (non-hydrogen) atoms. The van der Waals surface area contributed by atoms with Crippen molar-refractivity contribution in [2.45, 2.75) is 33.1 Å². The number of rotatable bonds is 7. The maximum absolute atomic E-state index is 13.1. The van der Waals surface area contributed by atoms with Crippen molar-refractivity contribution in [3.63, 3.8) is 0 Å². The summed E-state index contributed by atoms with van der Waals surface area (Å²) in [6.07, 6.45) is 3.69. The lowest BCUT2D eigenvalue weighted by Crippen LogP contribution is -2.47. The monoisotopic (exact) mass is 512 g/mol. The van der Waals surface area contributed by atoms with Gasteiger partial charge in [-0.05, 0) is 73.7 Å². The fourth-order valence-electron chi connectivity index (χ4n) is 5.58. The molecule has 7 heteroatoms. The third kappa shape index (κ3) is 5.17. The van der Waals surface area contributed by atoms with Crippen molar-refractivity contribution in [3.05, 3.63) is 76.1 Å². The average Bonchev–Trinajstić information content (AvgIpc) is 3.37. The van der Waals surface area contributed by atoms with Gasteiger partial charge in [0.15, 0.2) is 0 Å². The molecule has 5 rings (SSSR count).